The van der Waals surface area contributed by atoms with Crippen molar-refractivity contribution in [3.05, 3.63) is 18.2 Å². The Labute approximate surface area is 142 Å². The zero-order chi connectivity index (χ0) is 17.5. The fourth-order valence-electron chi connectivity index (χ4n) is 3.95. The van der Waals surface area contributed by atoms with E-state index in [0.29, 0.717) is 19.6 Å². The predicted molar refractivity (Wildman–Crippen MR) is 88.0 cm³/mol. The van der Waals surface area contributed by atoms with E-state index in [9.17, 15) is 18.3 Å². The molecule has 1 N–H and O–H groups in total. The number of rotatable bonds is 6. The van der Waals surface area contributed by atoms with Gasteiger partial charge in [-0.3, -0.25) is 4.79 Å². The highest BCUT2D eigenvalue weighted by molar-refractivity contribution is 7.88. The second-order valence-corrected chi connectivity index (χ2v) is 8.95. The molecule has 134 valence electrons. The third-order valence-electron chi connectivity index (χ3n) is 5.34. The van der Waals surface area contributed by atoms with Crippen LogP contribution in [0.15, 0.2) is 12.4 Å². The third-order valence-corrected chi connectivity index (χ3v) is 6.56. The summed E-state index contributed by atoms with van der Waals surface area (Å²) in [4.78, 5) is 18.2. The lowest BCUT2D eigenvalue weighted by Gasteiger charge is -2.24. The van der Waals surface area contributed by atoms with Crippen molar-refractivity contribution < 1.29 is 18.3 Å². The normalized spacial score (nSPS) is 28.3. The van der Waals surface area contributed by atoms with Gasteiger partial charge in [0, 0.05) is 51.0 Å². The fraction of sp³-hybridized carbons (Fsp3) is 0.733. The molecular formula is C15H24N4O4S. The second kappa shape index (κ2) is 6.12. The first-order valence-corrected chi connectivity index (χ1v) is 9.96. The van der Waals surface area contributed by atoms with Crippen molar-refractivity contribution in [1.82, 2.24) is 18.8 Å². The van der Waals surface area contributed by atoms with E-state index in [-0.39, 0.29) is 12.5 Å². The SMILES string of the molecule is Cc1nccn1CCCN1C[C@H]2CN(S(C)(=O)=O)C[C@@]2(C(=O)O)C1. The van der Waals surface area contributed by atoms with Gasteiger partial charge in [-0.25, -0.2) is 17.7 Å². The summed E-state index contributed by atoms with van der Waals surface area (Å²) in [6.07, 6.45) is 5.77. The molecule has 3 heterocycles. The molecule has 8 nitrogen and oxygen atoms in total. The first-order valence-electron chi connectivity index (χ1n) is 8.11. The maximum absolute atomic E-state index is 11.9. The van der Waals surface area contributed by atoms with Crippen LogP contribution in [0.3, 0.4) is 0 Å². The van der Waals surface area contributed by atoms with Crippen LogP contribution in [-0.2, 0) is 21.4 Å². The molecule has 2 atom stereocenters. The van der Waals surface area contributed by atoms with Gasteiger partial charge in [0.2, 0.25) is 10.0 Å². The number of hydrogen-bond donors (Lipinski definition) is 1. The molecule has 0 spiro atoms. The van der Waals surface area contributed by atoms with Crippen LogP contribution in [0.5, 0.6) is 0 Å². The Hall–Kier alpha value is -1.45. The van der Waals surface area contributed by atoms with Crippen LogP contribution in [0.2, 0.25) is 0 Å². The molecule has 0 bridgehead atoms. The minimum atomic E-state index is -3.34. The van der Waals surface area contributed by atoms with Gasteiger partial charge in [-0.2, -0.15) is 0 Å². The molecule has 0 aliphatic carbocycles. The number of aryl methyl sites for hydroxylation is 2. The fourth-order valence-corrected chi connectivity index (χ4v) is 4.87. The van der Waals surface area contributed by atoms with Gasteiger partial charge in [0.1, 0.15) is 5.82 Å². The minimum Gasteiger partial charge on any atom is -0.481 e. The molecule has 24 heavy (non-hydrogen) atoms. The number of imidazole rings is 1. The van der Waals surface area contributed by atoms with Crippen LogP contribution in [0, 0.1) is 18.3 Å². The number of carboxylic acid groups (broad SMARTS) is 1. The number of aromatic nitrogens is 2. The molecule has 1 aromatic rings. The average Bonchev–Trinajstić information content (AvgIpc) is 3.11. The van der Waals surface area contributed by atoms with Gasteiger partial charge >= 0.3 is 5.97 Å². The molecule has 0 amide bonds. The predicted octanol–water partition coefficient (Wildman–Crippen LogP) is -0.140. The van der Waals surface area contributed by atoms with Gasteiger partial charge in [0.05, 0.1) is 11.7 Å². The molecule has 2 aliphatic rings. The summed E-state index contributed by atoms with van der Waals surface area (Å²) in [6, 6.07) is 0. The number of aliphatic carboxylic acids is 1. The molecule has 2 saturated heterocycles. The lowest BCUT2D eigenvalue weighted by molar-refractivity contribution is -0.148. The summed E-state index contributed by atoms with van der Waals surface area (Å²) in [5.74, 6) is -0.0506. The van der Waals surface area contributed by atoms with E-state index in [2.05, 4.69) is 14.5 Å². The number of carboxylic acids is 1. The summed E-state index contributed by atoms with van der Waals surface area (Å²) in [5.41, 5.74) is -0.964. The van der Waals surface area contributed by atoms with Crippen LogP contribution in [0.4, 0.5) is 0 Å². The molecule has 0 aromatic carbocycles. The van der Waals surface area contributed by atoms with Gasteiger partial charge in [-0.15, -0.1) is 0 Å². The largest absolute Gasteiger partial charge is 0.481 e. The van der Waals surface area contributed by atoms with Crippen LogP contribution in [0.25, 0.3) is 0 Å². The molecule has 0 unspecified atom stereocenters. The monoisotopic (exact) mass is 356 g/mol. The van der Waals surface area contributed by atoms with E-state index in [1.807, 2.05) is 13.1 Å². The smallest absolute Gasteiger partial charge is 0.312 e. The van der Waals surface area contributed by atoms with Crippen molar-refractivity contribution >= 4 is 16.0 Å². The second-order valence-electron chi connectivity index (χ2n) is 6.97. The molecule has 2 aliphatic heterocycles. The number of nitrogens with zero attached hydrogens (tertiary/aromatic N) is 4. The van der Waals surface area contributed by atoms with E-state index >= 15 is 0 Å². The van der Waals surface area contributed by atoms with Crippen LogP contribution >= 0.6 is 0 Å². The molecule has 0 saturated carbocycles. The first-order chi connectivity index (χ1) is 11.2. The highest BCUT2D eigenvalue weighted by atomic mass is 32.2. The number of sulfonamides is 1. The van der Waals surface area contributed by atoms with Crippen molar-refractivity contribution in [3.8, 4) is 0 Å². The van der Waals surface area contributed by atoms with E-state index in [1.54, 1.807) is 6.20 Å². The summed E-state index contributed by atoms with van der Waals surface area (Å²) in [6.45, 7) is 5.07. The number of likely N-dealkylation sites (tertiary alicyclic amines) is 1. The average molecular weight is 356 g/mol. The van der Waals surface area contributed by atoms with Crippen molar-refractivity contribution in [3.63, 3.8) is 0 Å². The Morgan fingerprint density at radius 2 is 2.12 bits per heavy atom. The van der Waals surface area contributed by atoms with Crippen molar-refractivity contribution in [2.24, 2.45) is 11.3 Å². The van der Waals surface area contributed by atoms with Gasteiger partial charge in [0.15, 0.2) is 0 Å². The van der Waals surface area contributed by atoms with Crippen LogP contribution < -0.4 is 0 Å². The Balaban J connectivity index is 1.61. The lowest BCUT2D eigenvalue weighted by Crippen LogP contribution is -2.42. The van der Waals surface area contributed by atoms with E-state index in [4.69, 9.17) is 0 Å². The minimum absolute atomic E-state index is 0.0863. The number of fused-ring (bicyclic) bond motifs is 1. The highest BCUT2D eigenvalue weighted by Crippen LogP contribution is 2.43. The zero-order valence-corrected chi connectivity index (χ0v) is 14.9. The van der Waals surface area contributed by atoms with Gasteiger partial charge < -0.3 is 14.6 Å². The molecule has 0 radical (unpaired) electrons. The Morgan fingerprint density at radius 3 is 2.67 bits per heavy atom. The summed E-state index contributed by atoms with van der Waals surface area (Å²) in [7, 11) is -3.34. The first kappa shape index (κ1) is 17.4. The number of carbonyl (C=O) groups is 1. The Kier molecular flexibility index (Phi) is 4.43. The lowest BCUT2D eigenvalue weighted by atomic mass is 9.81. The topological polar surface area (TPSA) is 95.7 Å². The summed E-state index contributed by atoms with van der Waals surface area (Å²) >= 11 is 0. The Morgan fingerprint density at radius 1 is 1.38 bits per heavy atom. The standard InChI is InChI=1S/C15H24N4O4S/c1-12-16-4-7-18(12)6-3-5-17-8-13-9-19(24(2,22)23)11-15(13,10-17)14(20)21/h4,7,13H,3,5-6,8-11H2,1-2H3,(H,20,21)/t13-,15-/m0/s1. The van der Waals surface area contributed by atoms with Crippen molar-refractivity contribution in [2.45, 2.75) is 19.9 Å². The maximum atomic E-state index is 11.9. The van der Waals surface area contributed by atoms with E-state index < -0.39 is 21.4 Å². The summed E-state index contributed by atoms with van der Waals surface area (Å²) in [5, 5.41) is 9.73. The molecule has 3 rings (SSSR count). The maximum Gasteiger partial charge on any atom is 0.312 e. The van der Waals surface area contributed by atoms with Crippen LogP contribution in [-0.4, -0.2) is 77.2 Å². The van der Waals surface area contributed by atoms with Crippen LogP contribution in [0.1, 0.15) is 12.2 Å². The third kappa shape index (κ3) is 3.07. The van der Waals surface area contributed by atoms with E-state index in [1.165, 1.54) is 4.31 Å². The highest BCUT2D eigenvalue weighted by Gasteiger charge is 2.58. The summed E-state index contributed by atoms with van der Waals surface area (Å²) < 4.78 is 26.9. The molecule has 9 heteroatoms. The van der Waals surface area contributed by atoms with E-state index in [0.717, 1.165) is 31.6 Å². The molecule has 1 aromatic heterocycles. The van der Waals surface area contributed by atoms with Crippen molar-refractivity contribution in [2.75, 3.05) is 39.0 Å². The van der Waals surface area contributed by atoms with Gasteiger partial charge in [0.25, 0.3) is 0 Å². The molecular weight excluding hydrogens is 332 g/mol. The number of hydrogen-bond acceptors (Lipinski definition) is 5. The van der Waals surface area contributed by atoms with Gasteiger partial charge in [-0.1, -0.05) is 0 Å². The quantitative estimate of drug-likeness (QED) is 0.762. The Bertz CT molecular complexity index is 732. The van der Waals surface area contributed by atoms with Crippen molar-refractivity contribution in [1.29, 1.82) is 0 Å². The van der Waals surface area contributed by atoms with Gasteiger partial charge in [-0.05, 0) is 19.9 Å². The molecule has 2 fully saturated rings. The zero-order valence-electron chi connectivity index (χ0n) is 14.1.